The molecule has 2 N–H and O–H groups in total. The molecule has 0 unspecified atom stereocenters. The highest BCUT2D eigenvalue weighted by Crippen LogP contribution is 2.31. The van der Waals surface area contributed by atoms with Crippen molar-refractivity contribution >= 4 is 49.9 Å². The molecule has 0 aliphatic carbocycles. The smallest absolute Gasteiger partial charge is 0.307 e. The molecule has 10 heteroatoms. The highest BCUT2D eigenvalue weighted by Gasteiger charge is 2.26. The van der Waals surface area contributed by atoms with Gasteiger partial charge >= 0.3 is 5.97 Å². The zero-order chi connectivity index (χ0) is 23.0. The Labute approximate surface area is 188 Å². The Balaban J connectivity index is 1.76. The number of anilines is 2. The molecule has 7 nitrogen and oxygen atoms in total. The lowest BCUT2D eigenvalue weighted by molar-refractivity contribution is -0.136. The minimum atomic E-state index is -4.08. The van der Waals surface area contributed by atoms with Gasteiger partial charge in [0.2, 0.25) is 0 Å². The van der Waals surface area contributed by atoms with Crippen molar-refractivity contribution in [1.29, 1.82) is 0 Å². The molecule has 0 aliphatic heterocycles. The molecule has 0 bridgehead atoms. The summed E-state index contributed by atoms with van der Waals surface area (Å²) < 4.78 is 41.8. The Hall–Kier alpha value is -3.43. The van der Waals surface area contributed by atoms with E-state index in [4.69, 9.17) is 11.6 Å². The van der Waals surface area contributed by atoms with Gasteiger partial charge in [-0.25, -0.2) is 16.8 Å². The fourth-order valence-electron chi connectivity index (χ4n) is 3.57. The lowest BCUT2D eigenvalue weighted by Gasteiger charge is -2.12. The zero-order valence-electron chi connectivity index (χ0n) is 16.7. The van der Waals surface area contributed by atoms with Crippen molar-refractivity contribution in [2.24, 2.45) is 0 Å². The largest absolute Gasteiger partial charge is 0.481 e. The van der Waals surface area contributed by atoms with Gasteiger partial charge in [-0.15, -0.1) is 0 Å². The number of carbonyl (C=O) groups is 1. The Morgan fingerprint density at radius 3 is 2.50 bits per heavy atom. The first kappa shape index (κ1) is 21.8. The van der Waals surface area contributed by atoms with Crippen LogP contribution in [0.4, 0.5) is 15.8 Å². The van der Waals surface area contributed by atoms with Crippen LogP contribution in [0.2, 0.25) is 5.02 Å². The van der Waals surface area contributed by atoms with E-state index < -0.39 is 28.2 Å². The molecule has 0 spiro atoms. The predicted octanol–water partition coefficient (Wildman–Crippen LogP) is 4.74. The van der Waals surface area contributed by atoms with E-state index in [0.29, 0.717) is 16.4 Å². The van der Waals surface area contributed by atoms with Gasteiger partial charge in [-0.05, 0) is 61.0 Å². The monoisotopic (exact) mass is 473 g/mol. The summed E-state index contributed by atoms with van der Waals surface area (Å²) in [6.45, 7) is 1.51. The topological polar surface area (TPSA) is 101 Å². The van der Waals surface area contributed by atoms with E-state index in [1.807, 2.05) is 0 Å². The third-order valence-corrected chi connectivity index (χ3v) is 6.98. The summed E-state index contributed by atoms with van der Waals surface area (Å²) in [5, 5.41) is 13.0. The molecular formula is C22H17ClFN3O4S. The molecule has 2 aromatic heterocycles. The number of aliphatic carboxylic acids is 1. The van der Waals surface area contributed by atoms with E-state index >= 15 is 0 Å². The number of hydrogen-bond donors (Lipinski definition) is 2. The molecule has 0 fully saturated rings. The first-order valence-electron chi connectivity index (χ1n) is 9.41. The first-order chi connectivity index (χ1) is 15.2. The number of hydrogen-bond acceptors (Lipinski definition) is 5. The van der Waals surface area contributed by atoms with Gasteiger partial charge in [0, 0.05) is 23.0 Å². The number of aromatic nitrogens is 2. The SMILES string of the molecule is Cc1c(CC(=O)O)c2cc(F)ccc2n1S(=O)(=O)c1ccc(Nc2cncc(Cl)c2)cc1. The second-order valence-corrected chi connectivity index (χ2v) is 9.33. The van der Waals surface area contributed by atoms with Crippen LogP contribution in [0.5, 0.6) is 0 Å². The molecule has 0 amide bonds. The van der Waals surface area contributed by atoms with Crippen molar-refractivity contribution in [3.63, 3.8) is 0 Å². The Morgan fingerprint density at radius 1 is 1.12 bits per heavy atom. The van der Waals surface area contributed by atoms with Gasteiger partial charge in [0.05, 0.1) is 33.7 Å². The quantitative estimate of drug-likeness (QED) is 0.419. The number of halogens is 2. The summed E-state index contributed by atoms with van der Waals surface area (Å²) in [6, 6.07) is 11.4. The molecule has 4 aromatic rings. The number of benzene rings is 2. The van der Waals surface area contributed by atoms with E-state index in [1.165, 1.54) is 31.3 Å². The number of carboxylic acids is 1. The molecular weight excluding hydrogens is 457 g/mol. The van der Waals surface area contributed by atoms with Gasteiger partial charge in [0.1, 0.15) is 5.82 Å². The van der Waals surface area contributed by atoms with Gasteiger partial charge in [0.25, 0.3) is 10.0 Å². The third kappa shape index (κ3) is 4.04. The van der Waals surface area contributed by atoms with Gasteiger partial charge in [0.15, 0.2) is 0 Å². The van der Waals surface area contributed by atoms with Crippen LogP contribution in [0.15, 0.2) is 65.8 Å². The fourth-order valence-corrected chi connectivity index (χ4v) is 5.33. The minimum absolute atomic E-state index is 0.00142. The maximum absolute atomic E-state index is 13.8. The summed E-state index contributed by atoms with van der Waals surface area (Å²) in [4.78, 5) is 15.3. The number of pyridine rings is 1. The number of rotatable bonds is 6. The molecule has 0 saturated heterocycles. The van der Waals surface area contributed by atoms with Gasteiger partial charge in [-0.2, -0.15) is 0 Å². The Morgan fingerprint density at radius 2 is 1.84 bits per heavy atom. The van der Waals surface area contributed by atoms with Gasteiger partial charge in [-0.3, -0.25) is 9.78 Å². The summed E-state index contributed by atoms with van der Waals surface area (Å²) in [5.41, 5.74) is 1.95. The average Bonchev–Trinajstić information content (AvgIpc) is 2.99. The average molecular weight is 474 g/mol. The fraction of sp³-hybridized carbons (Fsp3) is 0.0909. The van der Waals surface area contributed by atoms with Gasteiger partial charge in [-0.1, -0.05) is 11.6 Å². The van der Waals surface area contributed by atoms with E-state index in [0.717, 1.165) is 16.1 Å². The van der Waals surface area contributed by atoms with E-state index in [-0.39, 0.29) is 27.1 Å². The van der Waals surface area contributed by atoms with Crippen LogP contribution in [0.1, 0.15) is 11.3 Å². The van der Waals surface area contributed by atoms with Crippen LogP contribution in [0.25, 0.3) is 10.9 Å². The van der Waals surface area contributed by atoms with E-state index in [1.54, 1.807) is 24.4 Å². The lowest BCUT2D eigenvalue weighted by Crippen LogP contribution is -2.15. The van der Waals surface area contributed by atoms with Crippen molar-refractivity contribution in [1.82, 2.24) is 8.96 Å². The standard InChI is InChI=1S/C22H17ClFN3O4S/c1-13-19(10-22(28)29)20-9-15(24)2-7-21(20)27(13)32(30,31)18-5-3-16(4-6-18)26-17-8-14(23)11-25-12-17/h2-9,11-12,26H,10H2,1H3,(H,28,29). The van der Waals surface area contributed by atoms with Gasteiger partial charge < -0.3 is 10.4 Å². The van der Waals surface area contributed by atoms with Crippen LogP contribution in [0.3, 0.4) is 0 Å². The van der Waals surface area contributed by atoms with Crippen molar-refractivity contribution in [2.45, 2.75) is 18.2 Å². The second-order valence-electron chi connectivity index (χ2n) is 7.11. The van der Waals surface area contributed by atoms with Crippen LogP contribution >= 0.6 is 11.6 Å². The van der Waals surface area contributed by atoms with Crippen LogP contribution in [-0.2, 0) is 21.2 Å². The first-order valence-corrected chi connectivity index (χ1v) is 11.2. The lowest BCUT2D eigenvalue weighted by atomic mass is 10.1. The molecule has 0 aliphatic rings. The van der Waals surface area contributed by atoms with Crippen LogP contribution in [-0.4, -0.2) is 28.5 Å². The normalized spacial score (nSPS) is 11.6. The van der Waals surface area contributed by atoms with Crippen LogP contribution < -0.4 is 5.32 Å². The highest BCUT2D eigenvalue weighted by molar-refractivity contribution is 7.90. The van der Waals surface area contributed by atoms with Crippen molar-refractivity contribution < 1.29 is 22.7 Å². The van der Waals surface area contributed by atoms with E-state index in [9.17, 15) is 22.7 Å². The highest BCUT2D eigenvalue weighted by atomic mass is 35.5. The molecule has 2 aromatic carbocycles. The number of carboxylic acid groups (broad SMARTS) is 1. The maximum Gasteiger partial charge on any atom is 0.307 e. The minimum Gasteiger partial charge on any atom is -0.481 e. The third-order valence-electron chi connectivity index (χ3n) is 4.96. The van der Waals surface area contributed by atoms with Crippen molar-refractivity contribution in [3.05, 3.63) is 83.0 Å². The van der Waals surface area contributed by atoms with E-state index in [2.05, 4.69) is 10.3 Å². The summed E-state index contributed by atoms with van der Waals surface area (Å²) in [7, 11) is -4.08. The molecule has 164 valence electrons. The summed E-state index contributed by atoms with van der Waals surface area (Å²) in [6.07, 6.45) is 2.65. The van der Waals surface area contributed by atoms with Crippen molar-refractivity contribution in [2.75, 3.05) is 5.32 Å². The molecule has 4 rings (SSSR count). The molecule has 2 heterocycles. The van der Waals surface area contributed by atoms with Crippen molar-refractivity contribution in [3.8, 4) is 0 Å². The zero-order valence-corrected chi connectivity index (χ0v) is 18.3. The van der Waals surface area contributed by atoms with Crippen LogP contribution in [0, 0.1) is 12.7 Å². The molecule has 0 atom stereocenters. The maximum atomic E-state index is 13.8. The Bertz CT molecular complexity index is 1450. The number of fused-ring (bicyclic) bond motifs is 1. The Kier molecular flexibility index (Phi) is 5.62. The number of nitrogens with one attached hydrogen (secondary N) is 1. The summed E-state index contributed by atoms with van der Waals surface area (Å²) >= 11 is 5.92. The molecule has 0 radical (unpaired) electrons. The predicted molar refractivity (Wildman–Crippen MR) is 120 cm³/mol. The second kappa shape index (κ2) is 8.25. The molecule has 32 heavy (non-hydrogen) atoms. The number of nitrogens with zero attached hydrogens (tertiary/aromatic N) is 2. The molecule has 0 saturated carbocycles. The summed E-state index contributed by atoms with van der Waals surface area (Å²) in [5.74, 6) is -1.72.